The van der Waals surface area contributed by atoms with Crippen LogP contribution >= 0.6 is 27.7 Å². The minimum absolute atomic E-state index is 0.0268. The summed E-state index contributed by atoms with van der Waals surface area (Å²) in [7, 11) is 0. The van der Waals surface area contributed by atoms with Crippen LogP contribution in [0.4, 0.5) is 0 Å². The molecule has 1 atom stereocenters. The minimum Gasteiger partial charge on any atom is -0.411 e. The third-order valence-electron chi connectivity index (χ3n) is 4.43. The van der Waals surface area contributed by atoms with Crippen molar-refractivity contribution in [2.75, 3.05) is 6.54 Å². The lowest BCUT2D eigenvalue weighted by molar-refractivity contribution is -0.120. The van der Waals surface area contributed by atoms with Crippen molar-refractivity contribution in [2.24, 2.45) is 5.92 Å². The van der Waals surface area contributed by atoms with E-state index in [1.807, 2.05) is 31.2 Å². The van der Waals surface area contributed by atoms with E-state index >= 15 is 0 Å². The van der Waals surface area contributed by atoms with Crippen LogP contribution < -0.4 is 5.32 Å². The van der Waals surface area contributed by atoms with Gasteiger partial charge in [0, 0.05) is 16.6 Å². The number of halogens is 1. The van der Waals surface area contributed by atoms with Gasteiger partial charge in [-0.2, -0.15) is 0 Å². The second-order valence-corrected chi connectivity index (χ2v) is 8.60. The number of carbonyl (C=O) groups is 1. The number of carbonyl (C=O) groups excluding carboxylic acids is 1. The average Bonchev–Trinajstić information content (AvgIpc) is 3.09. The Labute approximate surface area is 160 Å². The molecule has 1 heterocycles. The Morgan fingerprint density at radius 3 is 2.72 bits per heavy atom. The zero-order valence-corrected chi connectivity index (χ0v) is 16.6. The Morgan fingerprint density at radius 2 is 2.00 bits per heavy atom. The van der Waals surface area contributed by atoms with E-state index in [0.717, 1.165) is 16.6 Å². The van der Waals surface area contributed by atoms with Crippen molar-refractivity contribution in [3.63, 3.8) is 0 Å². The van der Waals surface area contributed by atoms with Crippen LogP contribution in [0.25, 0.3) is 11.5 Å². The van der Waals surface area contributed by atoms with Gasteiger partial charge in [0.2, 0.25) is 11.8 Å². The fourth-order valence-corrected chi connectivity index (χ4v) is 3.92. The number of hydrogen-bond acceptors (Lipinski definition) is 5. The summed E-state index contributed by atoms with van der Waals surface area (Å²) in [5.41, 5.74) is 0.858. The number of hydrogen-bond donors (Lipinski definition) is 1. The lowest BCUT2D eigenvalue weighted by atomic mass is 9.89. The zero-order chi connectivity index (χ0) is 17.6. The van der Waals surface area contributed by atoms with E-state index in [1.54, 1.807) is 0 Å². The Kier molecular flexibility index (Phi) is 6.53. The molecule has 0 bridgehead atoms. The molecule has 134 valence electrons. The highest BCUT2D eigenvalue weighted by Gasteiger charge is 2.20. The fraction of sp³-hybridized carbons (Fsp3) is 0.500. The summed E-state index contributed by atoms with van der Waals surface area (Å²) >= 11 is 4.70. The lowest BCUT2D eigenvalue weighted by Gasteiger charge is -2.22. The smallest absolute Gasteiger partial charge is 0.277 e. The number of nitrogens with zero attached hydrogens (tertiary/aromatic N) is 2. The molecule has 1 fully saturated rings. The van der Waals surface area contributed by atoms with E-state index in [1.165, 1.54) is 43.9 Å². The predicted molar refractivity (Wildman–Crippen MR) is 102 cm³/mol. The van der Waals surface area contributed by atoms with Gasteiger partial charge in [-0.25, -0.2) is 0 Å². The molecule has 0 spiro atoms. The van der Waals surface area contributed by atoms with E-state index in [4.69, 9.17) is 4.42 Å². The molecule has 1 unspecified atom stereocenters. The topological polar surface area (TPSA) is 68.0 Å². The molecule has 1 saturated carbocycles. The molecule has 1 amide bonds. The van der Waals surface area contributed by atoms with E-state index in [-0.39, 0.29) is 11.2 Å². The molecular formula is C18H22BrN3O2S. The van der Waals surface area contributed by atoms with Gasteiger partial charge in [-0.3, -0.25) is 4.79 Å². The first-order valence-corrected chi connectivity index (χ1v) is 10.3. The molecule has 5 nitrogen and oxygen atoms in total. The third-order valence-corrected chi connectivity index (χ3v) is 5.90. The average molecular weight is 424 g/mol. The van der Waals surface area contributed by atoms with Crippen LogP contribution in [0.5, 0.6) is 0 Å². The first-order valence-electron chi connectivity index (χ1n) is 8.65. The van der Waals surface area contributed by atoms with Crippen molar-refractivity contribution in [2.45, 2.75) is 49.5 Å². The first kappa shape index (κ1) is 18.5. The predicted octanol–water partition coefficient (Wildman–Crippen LogP) is 4.68. The number of thioether (sulfide) groups is 1. The van der Waals surface area contributed by atoms with Crippen molar-refractivity contribution in [1.29, 1.82) is 0 Å². The van der Waals surface area contributed by atoms with E-state index in [9.17, 15) is 4.79 Å². The van der Waals surface area contributed by atoms with Gasteiger partial charge < -0.3 is 9.73 Å². The van der Waals surface area contributed by atoms with Crippen molar-refractivity contribution in [3.05, 3.63) is 28.7 Å². The molecular weight excluding hydrogens is 402 g/mol. The summed E-state index contributed by atoms with van der Waals surface area (Å²) in [4.78, 5) is 12.3. The summed E-state index contributed by atoms with van der Waals surface area (Å²) in [5.74, 6) is 1.12. The molecule has 0 aliphatic heterocycles. The highest BCUT2D eigenvalue weighted by molar-refractivity contribution is 9.10. The molecule has 7 heteroatoms. The van der Waals surface area contributed by atoms with E-state index < -0.39 is 0 Å². The molecule has 1 aliphatic rings. The van der Waals surface area contributed by atoms with Crippen LogP contribution in [0.3, 0.4) is 0 Å². The molecule has 3 rings (SSSR count). The van der Waals surface area contributed by atoms with Gasteiger partial charge in [0.1, 0.15) is 0 Å². The van der Waals surface area contributed by atoms with Gasteiger partial charge >= 0.3 is 0 Å². The summed E-state index contributed by atoms with van der Waals surface area (Å²) in [6.45, 7) is 2.64. The van der Waals surface area contributed by atoms with Crippen LogP contribution in [-0.2, 0) is 4.79 Å². The number of benzene rings is 1. The van der Waals surface area contributed by atoms with Crippen molar-refractivity contribution >= 4 is 33.6 Å². The van der Waals surface area contributed by atoms with Crippen LogP contribution in [0, 0.1) is 5.92 Å². The van der Waals surface area contributed by atoms with Gasteiger partial charge in [-0.15, -0.1) is 10.2 Å². The molecule has 0 saturated heterocycles. The lowest BCUT2D eigenvalue weighted by Crippen LogP contribution is -2.35. The largest absolute Gasteiger partial charge is 0.411 e. The maximum Gasteiger partial charge on any atom is 0.277 e. The van der Waals surface area contributed by atoms with Crippen molar-refractivity contribution < 1.29 is 9.21 Å². The second kappa shape index (κ2) is 8.85. The van der Waals surface area contributed by atoms with Crippen LogP contribution in [-0.4, -0.2) is 27.9 Å². The highest BCUT2D eigenvalue weighted by atomic mass is 79.9. The van der Waals surface area contributed by atoms with E-state index in [0.29, 0.717) is 17.0 Å². The number of amides is 1. The standard InChI is InChI=1S/C18H22BrN3O2S/c1-12(16(23)20-11-13-5-3-2-4-6-13)25-18-22-21-17(24-18)14-7-9-15(19)10-8-14/h7-10,12-13H,2-6,11H2,1H3,(H,20,23). The number of aromatic nitrogens is 2. The molecule has 1 aromatic heterocycles. The highest BCUT2D eigenvalue weighted by Crippen LogP contribution is 2.27. The monoisotopic (exact) mass is 423 g/mol. The van der Waals surface area contributed by atoms with E-state index in [2.05, 4.69) is 31.4 Å². The minimum atomic E-state index is -0.262. The molecule has 0 radical (unpaired) electrons. The van der Waals surface area contributed by atoms with Crippen molar-refractivity contribution in [3.8, 4) is 11.5 Å². The zero-order valence-electron chi connectivity index (χ0n) is 14.2. The van der Waals surface area contributed by atoms with Gasteiger partial charge in [0.05, 0.1) is 5.25 Å². The second-order valence-electron chi connectivity index (χ2n) is 6.39. The Morgan fingerprint density at radius 1 is 1.28 bits per heavy atom. The molecule has 1 aliphatic carbocycles. The van der Waals surface area contributed by atoms with Gasteiger partial charge in [0.15, 0.2) is 0 Å². The summed E-state index contributed by atoms with van der Waals surface area (Å²) in [6.07, 6.45) is 6.34. The SMILES string of the molecule is CC(Sc1nnc(-c2ccc(Br)cc2)o1)C(=O)NCC1CCCCC1. The number of nitrogens with one attached hydrogen (secondary N) is 1. The van der Waals surface area contributed by atoms with Crippen molar-refractivity contribution in [1.82, 2.24) is 15.5 Å². The summed E-state index contributed by atoms with van der Waals surface area (Å²) in [5, 5.41) is 11.3. The van der Waals surface area contributed by atoms with Gasteiger partial charge in [0.25, 0.3) is 5.22 Å². The van der Waals surface area contributed by atoms with Gasteiger partial charge in [-0.1, -0.05) is 47.0 Å². The molecule has 1 aromatic carbocycles. The van der Waals surface area contributed by atoms with Crippen LogP contribution in [0.15, 0.2) is 38.4 Å². The first-order chi connectivity index (χ1) is 12.1. The maximum atomic E-state index is 12.3. The Bertz CT molecular complexity index is 699. The summed E-state index contributed by atoms with van der Waals surface area (Å²) in [6, 6.07) is 7.67. The van der Waals surface area contributed by atoms with Gasteiger partial charge in [-0.05, 0) is 49.9 Å². The third kappa shape index (κ3) is 5.31. The molecule has 2 aromatic rings. The molecule has 25 heavy (non-hydrogen) atoms. The maximum absolute atomic E-state index is 12.3. The fourth-order valence-electron chi connectivity index (χ4n) is 2.95. The normalized spacial score (nSPS) is 16.6. The van der Waals surface area contributed by atoms with Crippen LogP contribution in [0.1, 0.15) is 39.0 Å². The quantitative estimate of drug-likeness (QED) is 0.683. The Hall–Kier alpha value is -1.34. The molecule has 1 N–H and O–H groups in total. The Balaban J connectivity index is 1.51. The number of rotatable bonds is 6. The summed E-state index contributed by atoms with van der Waals surface area (Å²) < 4.78 is 6.66. The van der Waals surface area contributed by atoms with Crippen LogP contribution in [0.2, 0.25) is 0 Å².